The highest BCUT2D eigenvalue weighted by molar-refractivity contribution is 5.79. The zero-order valence-corrected chi connectivity index (χ0v) is 11.0. The third-order valence-corrected chi connectivity index (χ3v) is 4.09. The Labute approximate surface area is 108 Å². The molecule has 1 N–H and O–H groups in total. The smallest absolute Gasteiger partial charge is 0.0958 e. The summed E-state index contributed by atoms with van der Waals surface area (Å²) < 4.78 is 2.32. The number of anilines is 1. The predicted octanol–water partition coefficient (Wildman–Crippen LogP) is 3.66. The number of rotatable bonds is 3. The van der Waals surface area contributed by atoms with Crippen molar-refractivity contribution < 1.29 is 0 Å². The Morgan fingerprint density at radius 2 is 2.11 bits per heavy atom. The number of nitrogens with zero attached hydrogens (tertiary/aromatic N) is 2. The second-order valence-electron chi connectivity index (χ2n) is 5.35. The summed E-state index contributed by atoms with van der Waals surface area (Å²) in [4.78, 5) is 4.52. The molecule has 18 heavy (non-hydrogen) atoms. The van der Waals surface area contributed by atoms with Crippen molar-refractivity contribution in [3.8, 4) is 0 Å². The molecule has 1 saturated carbocycles. The standard InChI is InChI=1S/C15H21N3/c1-16-13-7-8-15-14(9-13)17-11-18(15)10-12-5-3-2-4-6-12/h7-9,11-12,16H,2-6,10H2,1H3. The van der Waals surface area contributed by atoms with Crippen molar-refractivity contribution in [1.82, 2.24) is 9.55 Å². The fraction of sp³-hybridized carbons (Fsp3) is 0.533. The molecule has 3 heteroatoms. The van der Waals surface area contributed by atoms with Crippen LogP contribution < -0.4 is 5.32 Å². The van der Waals surface area contributed by atoms with E-state index in [0.717, 1.165) is 23.7 Å². The molecule has 96 valence electrons. The average molecular weight is 243 g/mol. The van der Waals surface area contributed by atoms with Crippen molar-refractivity contribution >= 4 is 16.7 Å². The fourth-order valence-corrected chi connectivity index (χ4v) is 3.01. The summed E-state index contributed by atoms with van der Waals surface area (Å²) >= 11 is 0. The summed E-state index contributed by atoms with van der Waals surface area (Å²) in [5.41, 5.74) is 3.49. The van der Waals surface area contributed by atoms with Crippen LogP contribution in [0.2, 0.25) is 0 Å². The van der Waals surface area contributed by atoms with E-state index in [4.69, 9.17) is 0 Å². The Kier molecular flexibility index (Phi) is 3.22. The highest BCUT2D eigenvalue weighted by Gasteiger charge is 2.15. The Balaban J connectivity index is 1.83. The van der Waals surface area contributed by atoms with Crippen LogP contribution in [0.1, 0.15) is 32.1 Å². The molecule has 0 saturated heterocycles. The van der Waals surface area contributed by atoms with E-state index in [0.29, 0.717) is 0 Å². The molecule has 0 amide bonds. The molecule has 1 aromatic carbocycles. The van der Waals surface area contributed by atoms with Crippen molar-refractivity contribution in [3.05, 3.63) is 24.5 Å². The Bertz CT molecular complexity index is 524. The second kappa shape index (κ2) is 5.01. The molecular weight excluding hydrogens is 222 g/mol. The molecule has 1 aliphatic carbocycles. The molecule has 1 fully saturated rings. The van der Waals surface area contributed by atoms with Gasteiger partial charge in [-0.05, 0) is 37.0 Å². The van der Waals surface area contributed by atoms with E-state index in [-0.39, 0.29) is 0 Å². The first-order chi connectivity index (χ1) is 8.86. The van der Waals surface area contributed by atoms with Crippen LogP contribution in [-0.4, -0.2) is 16.6 Å². The van der Waals surface area contributed by atoms with Crippen LogP contribution in [0.3, 0.4) is 0 Å². The van der Waals surface area contributed by atoms with Crippen LogP contribution in [0.5, 0.6) is 0 Å². The van der Waals surface area contributed by atoms with Gasteiger partial charge in [0.2, 0.25) is 0 Å². The van der Waals surface area contributed by atoms with Crippen LogP contribution in [0, 0.1) is 5.92 Å². The molecule has 1 heterocycles. The summed E-state index contributed by atoms with van der Waals surface area (Å²) in [5.74, 6) is 0.847. The summed E-state index contributed by atoms with van der Waals surface area (Å²) in [5, 5.41) is 3.16. The summed E-state index contributed by atoms with van der Waals surface area (Å²) in [6.45, 7) is 1.13. The van der Waals surface area contributed by atoms with E-state index in [1.54, 1.807) is 0 Å². The number of benzene rings is 1. The van der Waals surface area contributed by atoms with Gasteiger partial charge in [-0.25, -0.2) is 4.98 Å². The maximum absolute atomic E-state index is 4.52. The largest absolute Gasteiger partial charge is 0.388 e. The molecule has 1 aromatic heterocycles. The van der Waals surface area contributed by atoms with Crippen LogP contribution in [0.4, 0.5) is 5.69 Å². The SMILES string of the molecule is CNc1ccc2c(c1)ncn2CC1CCCCC1. The van der Waals surface area contributed by atoms with Crippen LogP contribution in [-0.2, 0) is 6.54 Å². The fourth-order valence-electron chi connectivity index (χ4n) is 3.01. The minimum atomic E-state index is 0.847. The van der Waals surface area contributed by atoms with Crippen molar-refractivity contribution in [2.24, 2.45) is 5.92 Å². The number of fused-ring (bicyclic) bond motifs is 1. The van der Waals surface area contributed by atoms with Gasteiger partial charge < -0.3 is 9.88 Å². The van der Waals surface area contributed by atoms with E-state index < -0.39 is 0 Å². The van der Waals surface area contributed by atoms with Crippen LogP contribution in [0.25, 0.3) is 11.0 Å². The van der Waals surface area contributed by atoms with Crippen molar-refractivity contribution in [3.63, 3.8) is 0 Å². The van der Waals surface area contributed by atoms with Crippen molar-refractivity contribution in [2.45, 2.75) is 38.6 Å². The Morgan fingerprint density at radius 1 is 1.28 bits per heavy atom. The second-order valence-corrected chi connectivity index (χ2v) is 5.35. The third kappa shape index (κ3) is 2.22. The molecule has 1 aliphatic rings. The molecule has 0 aliphatic heterocycles. The molecule has 3 nitrogen and oxygen atoms in total. The first kappa shape index (κ1) is 11.6. The van der Waals surface area contributed by atoms with E-state index >= 15 is 0 Å². The lowest BCUT2D eigenvalue weighted by atomic mass is 9.89. The number of nitrogens with one attached hydrogen (secondary N) is 1. The quantitative estimate of drug-likeness (QED) is 0.891. The molecule has 0 atom stereocenters. The molecule has 0 spiro atoms. The van der Waals surface area contributed by atoms with Gasteiger partial charge in [0.1, 0.15) is 0 Å². The van der Waals surface area contributed by atoms with Gasteiger partial charge in [-0.15, -0.1) is 0 Å². The van der Waals surface area contributed by atoms with E-state index in [2.05, 4.69) is 33.1 Å². The monoisotopic (exact) mass is 243 g/mol. The van der Waals surface area contributed by atoms with Gasteiger partial charge in [-0.2, -0.15) is 0 Å². The maximum Gasteiger partial charge on any atom is 0.0958 e. The lowest BCUT2D eigenvalue weighted by Crippen LogP contribution is -2.13. The lowest BCUT2D eigenvalue weighted by Gasteiger charge is -2.22. The van der Waals surface area contributed by atoms with Gasteiger partial charge in [0.25, 0.3) is 0 Å². The molecule has 0 bridgehead atoms. The van der Waals surface area contributed by atoms with Crippen molar-refractivity contribution in [2.75, 3.05) is 12.4 Å². The molecule has 2 aromatic rings. The first-order valence-electron chi connectivity index (χ1n) is 6.99. The van der Waals surface area contributed by atoms with Crippen LogP contribution in [0.15, 0.2) is 24.5 Å². The highest BCUT2D eigenvalue weighted by atomic mass is 15.0. The lowest BCUT2D eigenvalue weighted by molar-refractivity contribution is 0.322. The van der Waals surface area contributed by atoms with Gasteiger partial charge in [0, 0.05) is 19.3 Å². The Morgan fingerprint density at radius 3 is 2.89 bits per heavy atom. The molecule has 0 radical (unpaired) electrons. The van der Waals surface area contributed by atoms with Gasteiger partial charge in [0.05, 0.1) is 17.4 Å². The summed E-state index contributed by atoms with van der Waals surface area (Å²) in [6.07, 6.45) is 9.00. The summed E-state index contributed by atoms with van der Waals surface area (Å²) in [6, 6.07) is 6.42. The molecule has 3 rings (SSSR count). The van der Waals surface area contributed by atoms with E-state index in [1.165, 1.54) is 37.6 Å². The van der Waals surface area contributed by atoms with Gasteiger partial charge >= 0.3 is 0 Å². The minimum absolute atomic E-state index is 0.847. The number of imidazole rings is 1. The number of hydrogen-bond acceptors (Lipinski definition) is 2. The molecular formula is C15H21N3. The minimum Gasteiger partial charge on any atom is -0.388 e. The van der Waals surface area contributed by atoms with Crippen LogP contribution >= 0.6 is 0 Å². The first-order valence-corrected chi connectivity index (χ1v) is 6.99. The van der Waals surface area contributed by atoms with Crippen molar-refractivity contribution in [1.29, 1.82) is 0 Å². The predicted molar refractivity (Wildman–Crippen MR) is 75.9 cm³/mol. The van der Waals surface area contributed by atoms with E-state index in [1.807, 2.05) is 13.4 Å². The Hall–Kier alpha value is -1.51. The maximum atomic E-state index is 4.52. The van der Waals surface area contributed by atoms with Gasteiger partial charge in [-0.3, -0.25) is 0 Å². The number of aromatic nitrogens is 2. The zero-order valence-electron chi connectivity index (χ0n) is 11.0. The third-order valence-electron chi connectivity index (χ3n) is 4.09. The van der Waals surface area contributed by atoms with Gasteiger partial charge in [0.15, 0.2) is 0 Å². The summed E-state index contributed by atoms with van der Waals surface area (Å²) in [7, 11) is 1.94. The normalized spacial score (nSPS) is 17.2. The zero-order chi connectivity index (χ0) is 12.4. The topological polar surface area (TPSA) is 29.9 Å². The average Bonchev–Trinajstić information content (AvgIpc) is 2.82. The number of hydrogen-bond donors (Lipinski definition) is 1. The highest BCUT2D eigenvalue weighted by Crippen LogP contribution is 2.26. The van der Waals surface area contributed by atoms with Gasteiger partial charge in [-0.1, -0.05) is 19.3 Å². The molecule has 0 unspecified atom stereocenters. The van der Waals surface area contributed by atoms with E-state index in [9.17, 15) is 0 Å².